The Labute approximate surface area is 611 Å². The summed E-state index contributed by atoms with van der Waals surface area (Å²) in [6.45, 7) is 42.6. The molecule has 2 heterocycles. The zero-order valence-electron chi connectivity index (χ0n) is 61.8. The molecule has 0 amide bonds. The van der Waals surface area contributed by atoms with Gasteiger partial charge in [-0.3, -0.25) is 33.8 Å². The monoisotopic (exact) mass is 1450 g/mol. The summed E-state index contributed by atoms with van der Waals surface area (Å²) in [6.07, 6.45) is 2.06. The van der Waals surface area contributed by atoms with E-state index >= 15 is 0 Å². The van der Waals surface area contributed by atoms with Gasteiger partial charge in [0.15, 0.2) is 0 Å². The van der Waals surface area contributed by atoms with E-state index in [1.165, 1.54) is 18.2 Å². The molecule has 12 nitrogen and oxygen atoms in total. The smallest absolute Gasteiger partial charge is 0.144 e. The van der Waals surface area contributed by atoms with E-state index in [1.807, 2.05) is 172 Å². The van der Waals surface area contributed by atoms with E-state index < -0.39 is 29.4 Å². The van der Waals surface area contributed by atoms with Crippen LogP contribution in [0.4, 0.5) is 13.2 Å². The zero-order chi connectivity index (χ0) is 74.2. The van der Waals surface area contributed by atoms with Gasteiger partial charge in [-0.15, -0.1) is 0 Å². The van der Waals surface area contributed by atoms with E-state index in [9.17, 15) is 37.1 Å². The van der Waals surface area contributed by atoms with Crippen LogP contribution in [0.5, 0.6) is 0 Å². The Bertz CT molecular complexity index is 2940. The lowest BCUT2D eigenvalue weighted by molar-refractivity contribution is -0.124. The number of ketones is 5. The first-order valence-corrected chi connectivity index (χ1v) is 36.8. The van der Waals surface area contributed by atoms with Crippen molar-refractivity contribution in [3.63, 3.8) is 0 Å². The molecule has 0 saturated carbocycles. The number of Topliss-reactive ketones (excluding diaryl/α,β-unsaturated/α-hetero) is 5. The first-order valence-electron chi connectivity index (χ1n) is 35.3. The van der Waals surface area contributed by atoms with E-state index in [1.54, 1.807) is 30.3 Å². The number of rotatable bonds is 28. The molecule has 0 unspecified atom stereocenters. The summed E-state index contributed by atoms with van der Waals surface area (Å²) < 4.78 is 53.0. The van der Waals surface area contributed by atoms with Crippen LogP contribution in [0.25, 0.3) is 0 Å². The van der Waals surface area contributed by atoms with Crippen LogP contribution in [-0.2, 0) is 33.4 Å². The Morgan fingerprint density at radius 2 is 0.646 bits per heavy atom. The van der Waals surface area contributed by atoms with Crippen LogP contribution in [0, 0.1) is 54.0 Å². The fourth-order valence-electron chi connectivity index (χ4n) is 11.2. The molecule has 2 fully saturated rings. The number of ether oxygens (including phenoxy) is 2. The molecule has 5 aromatic rings. The van der Waals surface area contributed by atoms with Gasteiger partial charge < -0.3 is 25.4 Å². The molecule has 5 atom stereocenters. The van der Waals surface area contributed by atoms with Crippen molar-refractivity contribution in [2.45, 2.75) is 178 Å². The molecule has 0 bridgehead atoms. The Kier molecular flexibility index (Phi) is 41.0. The fourth-order valence-corrected chi connectivity index (χ4v) is 11.8. The number of carbonyl (C=O) groups is 5. The fraction of sp³-hybridized carbons (Fsp3) is 0.562. The number of nitrogens with zero attached hydrogens (tertiary/aromatic N) is 2. The topological polar surface area (TPSA) is 146 Å². The molecule has 7 rings (SSSR count). The van der Waals surface area contributed by atoms with Crippen LogP contribution in [-0.4, -0.2) is 142 Å². The first-order chi connectivity index (χ1) is 46.6. The normalized spacial score (nSPS) is 15.4. The second kappa shape index (κ2) is 46.0. The number of halogens is 7. The number of hydrogen-bond donors (Lipinski definition) is 3. The van der Waals surface area contributed by atoms with Crippen LogP contribution < -0.4 is 16.0 Å². The van der Waals surface area contributed by atoms with Gasteiger partial charge in [-0.2, -0.15) is 0 Å². The molecule has 2 saturated heterocycles. The van der Waals surface area contributed by atoms with Crippen molar-refractivity contribution < 1.29 is 46.6 Å². The lowest BCUT2D eigenvalue weighted by Crippen LogP contribution is -2.35. The van der Waals surface area contributed by atoms with Crippen molar-refractivity contribution >= 4 is 75.3 Å². The zero-order valence-corrected chi connectivity index (χ0v) is 64.8. The highest BCUT2D eigenvalue weighted by atomic mass is 35.5. The molecule has 3 N–H and O–H groups in total. The Morgan fingerprint density at radius 3 is 0.919 bits per heavy atom. The third-order valence-corrected chi connectivity index (χ3v) is 18.0. The lowest BCUT2D eigenvalue weighted by atomic mass is 9.88. The number of benzene rings is 5. The van der Waals surface area contributed by atoms with Gasteiger partial charge in [0.25, 0.3) is 0 Å². The van der Waals surface area contributed by atoms with Crippen LogP contribution in [0.15, 0.2) is 103 Å². The summed E-state index contributed by atoms with van der Waals surface area (Å²) in [4.78, 5) is 66.7. The second-order valence-electron chi connectivity index (χ2n) is 28.2. The quantitative estimate of drug-likeness (QED) is 0.0438. The molecule has 99 heavy (non-hydrogen) atoms. The summed E-state index contributed by atoms with van der Waals surface area (Å²) >= 11 is 23.4. The molecular formula is C80H114Cl4F3N5O7. The minimum atomic E-state index is -0.473. The first kappa shape index (κ1) is 88.3. The molecule has 2 aliphatic rings. The van der Waals surface area contributed by atoms with Crippen LogP contribution >= 0.6 is 46.4 Å². The van der Waals surface area contributed by atoms with Crippen molar-refractivity contribution in [3.8, 4) is 0 Å². The highest BCUT2D eigenvalue weighted by Gasteiger charge is 2.31. The molecule has 19 heteroatoms. The summed E-state index contributed by atoms with van der Waals surface area (Å²) in [5.74, 6) is -2.20. The maximum atomic E-state index is 14.1. The Morgan fingerprint density at radius 1 is 0.374 bits per heavy atom. The standard InChI is InChI=1S/2C17H24ClNO2.C16H24FNO.2C15H21ClFNO/c2*1-13(2)17(20)16(14-4-6-15(18)7-5-14)12-19-8-3-10-21-11-9-19;1-10(2)16(19)14(9-18-11(3)4)13-7-6-12(5)8-15(13)17;2*1-9(2)15(19)13(8-18-10(3)4)12-6-5-11(16)7-14(12)17/h2*4-7,13,16H,3,8-12H2,1-2H3;6-8,10-11,14,18H,9H2,1-5H3;2*5-7,9-10,13,18H,8H2,1-4H3/t2*16-;14-;2*13-/m10110/s1. The maximum absolute atomic E-state index is 14.1. The second-order valence-corrected chi connectivity index (χ2v) is 30.0. The largest absolute Gasteiger partial charge is 0.380 e. The van der Waals surface area contributed by atoms with Gasteiger partial charge in [0, 0.05) is 140 Å². The van der Waals surface area contributed by atoms with Crippen LogP contribution in [0.3, 0.4) is 0 Å². The van der Waals surface area contributed by atoms with Crippen LogP contribution in [0.2, 0.25) is 20.1 Å². The molecule has 0 aromatic heterocycles. The van der Waals surface area contributed by atoms with Crippen molar-refractivity contribution in [1.29, 1.82) is 0 Å². The number of aryl methyl sites for hydroxylation is 1. The van der Waals surface area contributed by atoms with Gasteiger partial charge in [-0.1, -0.05) is 206 Å². The van der Waals surface area contributed by atoms with Crippen molar-refractivity contribution in [1.82, 2.24) is 25.8 Å². The minimum absolute atomic E-state index is 0.0360. The number of nitrogens with one attached hydrogen (secondary N) is 3. The maximum Gasteiger partial charge on any atom is 0.144 e. The summed E-state index contributed by atoms with van der Waals surface area (Å²) in [5, 5.41) is 11.7. The molecule has 5 aromatic carbocycles. The van der Waals surface area contributed by atoms with E-state index in [0.29, 0.717) is 68.0 Å². The third-order valence-electron chi connectivity index (χ3n) is 17.0. The van der Waals surface area contributed by atoms with Crippen LogP contribution in [0.1, 0.15) is 187 Å². The average molecular weight is 1460 g/mol. The van der Waals surface area contributed by atoms with Gasteiger partial charge in [-0.25, -0.2) is 13.2 Å². The van der Waals surface area contributed by atoms with Gasteiger partial charge in [-0.05, 0) is 108 Å². The average Bonchev–Trinajstić information content (AvgIpc) is 0.978. The third kappa shape index (κ3) is 32.1. The van der Waals surface area contributed by atoms with Gasteiger partial charge in [0.1, 0.15) is 46.4 Å². The van der Waals surface area contributed by atoms with Gasteiger partial charge in [0.2, 0.25) is 0 Å². The predicted molar refractivity (Wildman–Crippen MR) is 403 cm³/mol. The highest BCUT2D eigenvalue weighted by Crippen LogP contribution is 2.30. The molecule has 0 radical (unpaired) electrons. The number of hydrogen-bond acceptors (Lipinski definition) is 12. The predicted octanol–water partition coefficient (Wildman–Crippen LogP) is 17.8. The molecular weight excluding hydrogens is 1340 g/mol. The Balaban J connectivity index is 0.000000322. The van der Waals surface area contributed by atoms with Gasteiger partial charge >= 0.3 is 0 Å². The van der Waals surface area contributed by atoms with E-state index in [2.05, 4.69) is 25.8 Å². The summed E-state index contributed by atoms with van der Waals surface area (Å²) in [5.41, 5.74) is 4.31. The van der Waals surface area contributed by atoms with E-state index in [4.69, 9.17) is 55.9 Å². The highest BCUT2D eigenvalue weighted by molar-refractivity contribution is 6.31. The van der Waals surface area contributed by atoms with E-state index in [0.717, 1.165) is 95.2 Å². The van der Waals surface area contributed by atoms with E-state index in [-0.39, 0.29) is 82.7 Å². The van der Waals surface area contributed by atoms with Crippen molar-refractivity contribution in [3.05, 3.63) is 174 Å². The van der Waals surface area contributed by atoms with Gasteiger partial charge in [0.05, 0.1) is 42.8 Å². The number of carbonyl (C=O) groups excluding carboxylic acids is 5. The minimum Gasteiger partial charge on any atom is -0.380 e. The molecule has 2 aliphatic heterocycles. The molecule has 0 spiro atoms. The summed E-state index contributed by atoms with van der Waals surface area (Å²) in [7, 11) is 0. The summed E-state index contributed by atoms with van der Waals surface area (Å²) in [6, 6.07) is 30.2. The molecule has 550 valence electrons. The Hall–Kier alpha value is -4.88. The molecule has 0 aliphatic carbocycles. The van der Waals surface area contributed by atoms with Crippen molar-refractivity contribution in [2.75, 3.05) is 85.3 Å². The lowest BCUT2D eigenvalue weighted by Gasteiger charge is -2.26. The SMILES string of the molecule is CC(C)C(=O)[C@@H](CN1CCCOCC1)c1ccc(Cl)cc1.CC(C)C(=O)[C@H](CN1CCCOCC1)c1ccc(Cl)cc1.CC(C)NC[C@@H](C(=O)C(C)C)c1ccc(Cl)cc1F.CC(C)NC[C@H](C(=O)C(C)C)c1ccc(Cl)cc1F.Cc1ccc([C@@H](CNC(C)C)C(=O)C(C)C)c(F)c1. The van der Waals surface area contributed by atoms with Crippen molar-refractivity contribution in [2.24, 2.45) is 29.6 Å².